The first-order valence-corrected chi connectivity index (χ1v) is 9.13. The number of halogens is 1. The summed E-state index contributed by atoms with van der Waals surface area (Å²) >= 11 is 0. The molecule has 3 aromatic rings. The van der Waals surface area contributed by atoms with E-state index in [0.29, 0.717) is 35.0 Å². The van der Waals surface area contributed by atoms with E-state index < -0.39 is 23.5 Å². The number of hydrogen-bond donors (Lipinski definition) is 2. The van der Waals surface area contributed by atoms with Crippen LogP contribution >= 0.6 is 0 Å². The highest BCUT2D eigenvalue weighted by Crippen LogP contribution is 2.37. The largest absolute Gasteiger partial charge is 0.505 e. The summed E-state index contributed by atoms with van der Waals surface area (Å²) in [5.41, 5.74) is 2.52. The smallest absolute Gasteiger partial charge is 0.311 e. The van der Waals surface area contributed by atoms with Crippen molar-refractivity contribution in [3.05, 3.63) is 64.6 Å². The molecule has 0 aliphatic heterocycles. The number of aromatic hydroxyl groups is 1. The van der Waals surface area contributed by atoms with Crippen LogP contribution in [0.2, 0.25) is 0 Å². The van der Waals surface area contributed by atoms with Gasteiger partial charge < -0.3 is 10.2 Å². The van der Waals surface area contributed by atoms with Gasteiger partial charge in [-0.2, -0.15) is 0 Å². The number of hydrogen-bond acceptors (Lipinski definition) is 3. The molecular formula is C22H22FNO4. The van der Waals surface area contributed by atoms with Crippen LogP contribution in [0.3, 0.4) is 0 Å². The summed E-state index contributed by atoms with van der Waals surface area (Å²) in [7, 11) is 0. The molecule has 1 heterocycles. The van der Waals surface area contributed by atoms with Crippen LogP contribution in [-0.4, -0.2) is 26.7 Å². The summed E-state index contributed by atoms with van der Waals surface area (Å²) < 4.78 is 15.4. The number of carbonyl (C=O) groups is 2. The Bertz CT molecular complexity index is 1070. The van der Waals surface area contributed by atoms with Gasteiger partial charge in [-0.15, -0.1) is 0 Å². The van der Waals surface area contributed by atoms with E-state index in [0.717, 1.165) is 11.6 Å². The van der Waals surface area contributed by atoms with E-state index in [9.17, 15) is 24.2 Å². The minimum Gasteiger partial charge on any atom is -0.505 e. The van der Waals surface area contributed by atoms with Crippen molar-refractivity contribution in [2.45, 2.75) is 39.5 Å². The molecule has 0 spiro atoms. The lowest BCUT2D eigenvalue weighted by Crippen LogP contribution is -2.16. The number of benzene rings is 2. The molecular weight excluding hydrogens is 361 g/mol. The molecule has 146 valence electrons. The van der Waals surface area contributed by atoms with Gasteiger partial charge in [-0.1, -0.05) is 31.0 Å². The number of rotatable bonds is 5. The van der Waals surface area contributed by atoms with Crippen molar-refractivity contribution < 1.29 is 24.2 Å². The Kier molecular flexibility index (Phi) is 5.23. The number of carboxylic acids is 1. The van der Waals surface area contributed by atoms with Gasteiger partial charge in [0.15, 0.2) is 11.6 Å². The molecule has 0 saturated carbocycles. The van der Waals surface area contributed by atoms with Crippen LogP contribution in [0.4, 0.5) is 4.39 Å². The molecule has 3 rings (SSSR count). The number of carbonyl (C=O) groups excluding carboxylic acids is 1. The quantitative estimate of drug-likeness (QED) is 0.666. The maximum atomic E-state index is 14.1. The first kappa shape index (κ1) is 19.6. The Morgan fingerprint density at radius 2 is 1.79 bits per heavy atom. The fourth-order valence-corrected chi connectivity index (χ4v) is 3.65. The molecule has 0 fully saturated rings. The highest BCUT2D eigenvalue weighted by atomic mass is 19.1. The van der Waals surface area contributed by atoms with E-state index in [2.05, 4.69) is 0 Å². The van der Waals surface area contributed by atoms with E-state index in [1.165, 1.54) is 10.6 Å². The number of aryl methyl sites for hydroxylation is 1. The minimum absolute atomic E-state index is 0.246. The zero-order valence-corrected chi connectivity index (χ0v) is 16.0. The van der Waals surface area contributed by atoms with Crippen LogP contribution in [0, 0.1) is 19.7 Å². The lowest BCUT2D eigenvalue weighted by atomic mass is 9.92. The lowest BCUT2D eigenvalue weighted by molar-refractivity contribution is -0.139. The number of phenolic OH excluding ortho intramolecular Hbond substituents is 1. The first-order valence-electron chi connectivity index (χ1n) is 9.13. The van der Waals surface area contributed by atoms with Gasteiger partial charge in [0, 0.05) is 22.7 Å². The Morgan fingerprint density at radius 1 is 1.14 bits per heavy atom. The highest BCUT2D eigenvalue weighted by Gasteiger charge is 2.29. The summed E-state index contributed by atoms with van der Waals surface area (Å²) in [6.45, 7) is 5.43. The van der Waals surface area contributed by atoms with Crippen molar-refractivity contribution in [1.29, 1.82) is 0 Å². The summed E-state index contributed by atoms with van der Waals surface area (Å²) in [5, 5.41) is 20.0. The molecule has 0 aliphatic rings. The molecule has 1 atom stereocenters. The number of nitrogens with zero attached hydrogens (tertiary/aromatic N) is 1. The van der Waals surface area contributed by atoms with Crippen molar-refractivity contribution >= 4 is 22.8 Å². The van der Waals surface area contributed by atoms with Crippen LogP contribution in [0.5, 0.6) is 5.75 Å². The summed E-state index contributed by atoms with van der Waals surface area (Å²) in [6.07, 6.45) is 0.994. The first-order chi connectivity index (χ1) is 13.3. The van der Waals surface area contributed by atoms with Crippen molar-refractivity contribution in [3.8, 4) is 5.75 Å². The molecule has 0 aliphatic carbocycles. The molecule has 28 heavy (non-hydrogen) atoms. The third kappa shape index (κ3) is 3.26. The second-order valence-electron chi connectivity index (χ2n) is 7.01. The predicted molar refractivity (Wildman–Crippen MR) is 104 cm³/mol. The van der Waals surface area contributed by atoms with Crippen molar-refractivity contribution in [1.82, 2.24) is 4.57 Å². The van der Waals surface area contributed by atoms with Crippen LogP contribution in [0.15, 0.2) is 36.4 Å². The van der Waals surface area contributed by atoms with E-state index in [-0.39, 0.29) is 11.4 Å². The lowest BCUT2D eigenvalue weighted by Gasteiger charge is -2.13. The van der Waals surface area contributed by atoms with Crippen molar-refractivity contribution in [2.75, 3.05) is 0 Å². The van der Waals surface area contributed by atoms with E-state index in [4.69, 9.17) is 0 Å². The average molecular weight is 383 g/mol. The molecule has 2 N–H and O–H groups in total. The second-order valence-corrected chi connectivity index (χ2v) is 7.01. The zero-order valence-electron chi connectivity index (χ0n) is 16.0. The van der Waals surface area contributed by atoms with E-state index >= 15 is 0 Å². The van der Waals surface area contributed by atoms with Gasteiger partial charge in [-0.3, -0.25) is 14.2 Å². The van der Waals surface area contributed by atoms with E-state index in [1.54, 1.807) is 31.2 Å². The SMILES string of the molecule is CCCC(C(=O)O)c1c(C)n(C(=O)c2ccc(C)cc2)c2cc(F)c(O)cc12. The number of aromatic nitrogens is 1. The van der Waals surface area contributed by atoms with Gasteiger partial charge in [-0.05, 0) is 44.0 Å². The predicted octanol–water partition coefficient (Wildman–Crippen LogP) is 4.76. The van der Waals surface area contributed by atoms with Crippen LogP contribution in [-0.2, 0) is 4.79 Å². The molecule has 1 unspecified atom stereocenters. The van der Waals surface area contributed by atoms with Gasteiger partial charge in [0.1, 0.15) is 0 Å². The molecule has 0 bridgehead atoms. The standard InChI is InChI=1S/C22H22FNO4/c1-4-5-15(22(27)28)20-13(3)24(18-11-17(23)19(25)10-16(18)20)21(26)14-8-6-12(2)7-9-14/h6-11,15,25H,4-5H2,1-3H3,(H,27,28). The normalized spacial score (nSPS) is 12.3. The summed E-state index contributed by atoms with van der Waals surface area (Å²) in [6, 6.07) is 9.26. The number of aliphatic carboxylic acids is 1. The zero-order chi connectivity index (χ0) is 20.6. The maximum Gasteiger partial charge on any atom is 0.311 e. The number of carboxylic acid groups (broad SMARTS) is 1. The van der Waals surface area contributed by atoms with Gasteiger partial charge in [0.25, 0.3) is 5.91 Å². The third-order valence-electron chi connectivity index (χ3n) is 5.05. The minimum atomic E-state index is -1.02. The van der Waals surface area contributed by atoms with Crippen LogP contribution in [0.25, 0.3) is 10.9 Å². The number of phenols is 1. The third-order valence-corrected chi connectivity index (χ3v) is 5.05. The maximum absolute atomic E-state index is 14.1. The van der Waals surface area contributed by atoms with Gasteiger partial charge in [0.05, 0.1) is 11.4 Å². The highest BCUT2D eigenvalue weighted by molar-refractivity contribution is 6.05. The molecule has 1 aromatic heterocycles. The molecule has 6 heteroatoms. The Hall–Kier alpha value is -3.15. The fraction of sp³-hybridized carbons (Fsp3) is 0.273. The molecule has 5 nitrogen and oxygen atoms in total. The Labute approximate surface area is 162 Å². The van der Waals surface area contributed by atoms with Crippen LogP contribution < -0.4 is 0 Å². The topological polar surface area (TPSA) is 79.5 Å². The van der Waals surface area contributed by atoms with Crippen molar-refractivity contribution in [3.63, 3.8) is 0 Å². The average Bonchev–Trinajstić information content (AvgIpc) is 2.91. The summed E-state index contributed by atoms with van der Waals surface area (Å²) in [4.78, 5) is 25.1. The molecule has 0 amide bonds. The Morgan fingerprint density at radius 3 is 2.36 bits per heavy atom. The monoisotopic (exact) mass is 383 g/mol. The Balaban J connectivity index is 2.32. The molecule has 2 aromatic carbocycles. The molecule has 0 radical (unpaired) electrons. The van der Waals surface area contributed by atoms with Crippen LogP contribution in [0.1, 0.15) is 52.9 Å². The number of fused-ring (bicyclic) bond motifs is 1. The fourth-order valence-electron chi connectivity index (χ4n) is 3.65. The van der Waals surface area contributed by atoms with Gasteiger partial charge in [-0.25, -0.2) is 4.39 Å². The molecule has 0 saturated heterocycles. The van der Waals surface area contributed by atoms with E-state index in [1.807, 2.05) is 13.8 Å². The van der Waals surface area contributed by atoms with Crippen molar-refractivity contribution in [2.24, 2.45) is 0 Å². The summed E-state index contributed by atoms with van der Waals surface area (Å²) in [5.74, 6) is -3.69. The second kappa shape index (κ2) is 7.46. The van der Waals surface area contributed by atoms with Gasteiger partial charge >= 0.3 is 5.97 Å². The van der Waals surface area contributed by atoms with Gasteiger partial charge in [0.2, 0.25) is 0 Å².